The topological polar surface area (TPSA) is 26.3 Å². The Kier molecular flexibility index (Phi) is 4.97. The van der Waals surface area contributed by atoms with Crippen LogP contribution in [0.3, 0.4) is 0 Å². The zero-order valence-corrected chi connectivity index (χ0v) is 12.6. The molecule has 0 saturated carbocycles. The summed E-state index contributed by atoms with van der Waals surface area (Å²) in [5, 5.41) is 0. The van der Waals surface area contributed by atoms with E-state index in [1.165, 1.54) is 6.92 Å². The van der Waals surface area contributed by atoms with Crippen LogP contribution < -0.4 is 0 Å². The second-order valence-corrected chi connectivity index (χ2v) is 5.00. The van der Waals surface area contributed by atoms with E-state index in [2.05, 4.69) is 27.8 Å². The number of ether oxygens (including phenoxy) is 1. The van der Waals surface area contributed by atoms with E-state index in [1.54, 1.807) is 0 Å². The first-order valence-electron chi connectivity index (χ1n) is 6.15. The number of rotatable bonds is 2. The average molecular weight is 329 g/mol. The van der Waals surface area contributed by atoms with Gasteiger partial charge in [-0.05, 0) is 24.1 Å². The maximum atomic E-state index is 11.2. The summed E-state index contributed by atoms with van der Waals surface area (Å²) in [5.41, 5.74) is 1.72. The molecule has 0 amide bonds. The highest BCUT2D eigenvalue weighted by atomic mass is 79.9. The summed E-state index contributed by atoms with van der Waals surface area (Å²) in [5.74, 6) is 5.68. The van der Waals surface area contributed by atoms with Crippen molar-refractivity contribution in [2.75, 3.05) is 0 Å². The zero-order valence-electron chi connectivity index (χ0n) is 11.0. The van der Waals surface area contributed by atoms with Crippen LogP contribution in [0.4, 0.5) is 0 Å². The minimum atomic E-state index is -0.580. The minimum absolute atomic E-state index is 0.354. The summed E-state index contributed by atoms with van der Waals surface area (Å²) in [6, 6.07) is 17.2. The molecule has 3 heteroatoms. The normalized spacial score (nSPS) is 11.1. The van der Waals surface area contributed by atoms with E-state index in [0.29, 0.717) is 0 Å². The van der Waals surface area contributed by atoms with Gasteiger partial charge in [-0.1, -0.05) is 58.2 Å². The zero-order chi connectivity index (χ0) is 14.4. The number of carbonyl (C=O) groups excluding carboxylic acids is 1. The predicted molar refractivity (Wildman–Crippen MR) is 82.0 cm³/mol. The highest BCUT2D eigenvalue weighted by Gasteiger charge is 2.14. The molecule has 0 saturated heterocycles. The largest absolute Gasteiger partial charge is 0.444 e. The van der Waals surface area contributed by atoms with Gasteiger partial charge in [0.15, 0.2) is 6.10 Å². The van der Waals surface area contributed by atoms with E-state index < -0.39 is 6.10 Å². The van der Waals surface area contributed by atoms with Gasteiger partial charge in [0.2, 0.25) is 0 Å². The van der Waals surface area contributed by atoms with Crippen LogP contribution in [0.1, 0.15) is 24.2 Å². The van der Waals surface area contributed by atoms with E-state index in [0.717, 1.165) is 15.6 Å². The van der Waals surface area contributed by atoms with Crippen molar-refractivity contribution in [2.45, 2.75) is 13.0 Å². The number of benzene rings is 2. The summed E-state index contributed by atoms with van der Waals surface area (Å²) in [6.45, 7) is 1.38. The lowest BCUT2D eigenvalue weighted by Crippen LogP contribution is -2.07. The molecule has 0 spiro atoms. The molecular weight excluding hydrogens is 316 g/mol. The molecule has 100 valence electrons. The van der Waals surface area contributed by atoms with E-state index in [4.69, 9.17) is 4.74 Å². The van der Waals surface area contributed by atoms with Crippen LogP contribution in [0.5, 0.6) is 0 Å². The molecule has 0 heterocycles. The van der Waals surface area contributed by atoms with Gasteiger partial charge < -0.3 is 4.74 Å². The van der Waals surface area contributed by atoms with Crippen molar-refractivity contribution in [3.63, 3.8) is 0 Å². The van der Waals surface area contributed by atoms with Crippen LogP contribution in [0.15, 0.2) is 59.1 Å². The van der Waals surface area contributed by atoms with Gasteiger partial charge in [0.1, 0.15) is 0 Å². The summed E-state index contributed by atoms with van der Waals surface area (Å²) in [6.07, 6.45) is -0.580. The Morgan fingerprint density at radius 2 is 1.75 bits per heavy atom. The SMILES string of the molecule is CC(=O)OC(C#Cc1ccccc1)c1ccccc1Br. The second kappa shape index (κ2) is 6.93. The van der Waals surface area contributed by atoms with Gasteiger partial charge in [-0.25, -0.2) is 0 Å². The van der Waals surface area contributed by atoms with Crippen LogP contribution in [-0.4, -0.2) is 5.97 Å². The van der Waals surface area contributed by atoms with Crippen molar-refractivity contribution < 1.29 is 9.53 Å². The van der Waals surface area contributed by atoms with E-state index in [9.17, 15) is 4.79 Å². The molecule has 2 nitrogen and oxygen atoms in total. The molecule has 0 aliphatic rings. The number of esters is 1. The Bertz CT molecular complexity index is 653. The second-order valence-electron chi connectivity index (χ2n) is 4.15. The molecule has 0 aliphatic heterocycles. The van der Waals surface area contributed by atoms with Crippen LogP contribution in [-0.2, 0) is 9.53 Å². The van der Waals surface area contributed by atoms with Gasteiger partial charge >= 0.3 is 5.97 Å². The van der Waals surface area contributed by atoms with Crippen molar-refractivity contribution in [3.05, 3.63) is 70.2 Å². The number of hydrogen-bond acceptors (Lipinski definition) is 2. The van der Waals surface area contributed by atoms with Gasteiger partial charge in [0.05, 0.1) is 0 Å². The van der Waals surface area contributed by atoms with Gasteiger partial charge in [-0.15, -0.1) is 0 Å². The van der Waals surface area contributed by atoms with E-state index in [-0.39, 0.29) is 5.97 Å². The first kappa shape index (κ1) is 14.4. The lowest BCUT2D eigenvalue weighted by atomic mass is 10.1. The third-order valence-corrected chi connectivity index (χ3v) is 3.32. The van der Waals surface area contributed by atoms with E-state index in [1.807, 2.05) is 54.6 Å². The van der Waals surface area contributed by atoms with Crippen molar-refractivity contribution in [3.8, 4) is 11.8 Å². The fourth-order valence-electron chi connectivity index (χ4n) is 1.69. The monoisotopic (exact) mass is 328 g/mol. The highest BCUT2D eigenvalue weighted by molar-refractivity contribution is 9.10. The standard InChI is InChI=1S/C17H13BrO2/c1-13(19)20-17(15-9-5-6-10-16(15)18)12-11-14-7-3-2-4-8-14/h2-10,17H,1H3. The molecule has 2 aromatic rings. The number of carbonyl (C=O) groups is 1. The maximum absolute atomic E-state index is 11.2. The summed E-state index contributed by atoms with van der Waals surface area (Å²) < 4.78 is 6.17. The van der Waals surface area contributed by atoms with Gasteiger partial charge in [0.25, 0.3) is 0 Å². The Morgan fingerprint density at radius 1 is 1.10 bits per heavy atom. The summed E-state index contributed by atoms with van der Waals surface area (Å²) in [4.78, 5) is 11.2. The first-order valence-corrected chi connectivity index (χ1v) is 6.94. The molecule has 0 N–H and O–H groups in total. The lowest BCUT2D eigenvalue weighted by Gasteiger charge is -2.12. The van der Waals surface area contributed by atoms with Crippen LogP contribution in [0, 0.1) is 11.8 Å². The molecule has 0 aromatic heterocycles. The molecular formula is C17H13BrO2. The molecule has 1 atom stereocenters. The van der Waals surface area contributed by atoms with Crippen molar-refractivity contribution in [1.82, 2.24) is 0 Å². The van der Waals surface area contributed by atoms with Crippen molar-refractivity contribution in [1.29, 1.82) is 0 Å². The highest BCUT2D eigenvalue weighted by Crippen LogP contribution is 2.25. The molecule has 2 aromatic carbocycles. The number of hydrogen-bond donors (Lipinski definition) is 0. The predicted octanol–water partition coefficient (Wildman–Crippen LogP) is 4.11. The maximum Gasteiger partial charge on any atom is 0.304 e. The molecule has 1 unspecified atom stereocenters. The fraction of sp³-hybridized carbons (Fsp3) is 0.118. The van der Waals surface area contributed by atoms with Crippen LogP contribution in [0.2, 0.25) is 0 Å². The lowest BCUT2D eigenvalue weighted by molar-refractivity contribution is -0.144. The summed E-state index contributed by atoms with van der Waals surface area (Å²) >= 11 is 3.45. The Hall–Kier alpha value is -2.05. The number of halogens is 1. The quantitative estimate of drug-likeness (QED) is 0.612. The molecule has 20 heavy (non-hydrogen) atoms. The smallest absolute Gasteiger partial charge is 0.304 e. The Morgan fingerprint density at radius 3 is 2.40 bits per heavy atom. The van der Waals surface area contributed by atoms with Gasteiger partial charge in [0, 0.05) is 22.5 Å². The van der Waals surface area contributed by atoms with Gasteiger partial charge in [-0.2, -0.15) is 0 Å². The third kappa shape index (κ3) is 3.97. The molecule has 0 fully saturated rings. The molecule has 0 radical (unpaired) electrons. The first-order chi connectivity index (χ1) is 9.66. The van der Waals surface area contributed by atoms with Crippen molar-refractivity contribution >= 4 is 21.9 Å². The molecule has 2 rings (SSSR count). The Labute approximate surface area is 126 Å². The van der Waals surface area contributed by atoms with Crippen LogP contribution in [0.25, 0.3) is 0 Å². The van der Waals surface area contributed by atoms with Crippen molar-refractivity contribution in [2.24, 2.45) is 0 Å². The van der Waals surface area contributed by atoms with Gasteiger partial charge in [-0.3, -0.25) is 4.79 Å². The molecule has 0 bridgehead atoms. The third-order valence-electron chi connectivity index (χ3n) is 2.59. The minimum Gasteiger partial charge on any atom is -0.444 e. The van der Waals surface area contributed by atoms with Crippen LogP contribution >= 0.6 is 15.9 Å². The average Bonchev–Trinajstić information content (AvgIpc) is 2.45. The Balaban J connectivity index is 2.32. The summed E-state index contributed by atoms with van der Waals surface area (Å²) in [7, 11) is 0. The molecule has 0 aliphatic carbocycles. The fourth-order valence-corrected chi connectivity index (χ4v) is 2.19. The van der Waals surface area contributed by atoms with E-state index >= 15 is 0 Å².